The number of benzene rings is 1. The summed E-state index contributed by atoms with van der Waals surface area (Å²) in [6.07, 6.45) is 3.88. The Hall–Kier alpha value is -0.920. The first-order valence-corrected chi connectivity index (χ1v) is 6.16. The standard InChI is InChI=1S/C13H14BrNO/c1-12(2,15-9-16)13(7-8-13)10-3-5-11(14)6-4-10/h3-6H,7-8H2,1-2H3. The Kier molecular flexibility index (Phi) is 2.77. The number of hydrogen-bond acceptors (Lipinski definition) is 2. The molecule has 16 heavy (non-hydrogen) atoms. The fourth-order valence-corrected chi connectivity index (χ4v) is 2.63. The van der Waals surface area contributed by atoms with Crippen molar-refractivity contribution in [3.05, 3.63) is 34.3 Å². The van der Waals surface area contributed by atoms with Crippen LogP contribution in [-0.4, -0.2) is 11.6 Å². The lowest BCUT2D eigenvalue weighted by atomic mass is 9.79. The first-order chi connectivity index (χ1) is 7.52. The summed E-state index contributed by atoms with van der Waals surface area (Å²) in [7, 11) is 0. The van der Waals surface area contributed by atoms with Crippen LogP contribution in [0.5, 0.6) is 0 Å². The monoisotopic (exact) mass is 279 g/mol. The normalized spacial score (nSPS) is 17.7. The summed E-state index contributed by atoms with van der Waals surface area (Å²) in [5.41, 5.74) is 0.938. The number of rotatable bonds is 3. The molecule has 2 nitrogen and oxygen atoms in total. The molecule has 2 rings (SSSR count). The number of isocyanates is 1. The van der Waals surface area contributed by atoms with Gasteiger partial charge in [0.2, 0.25) is 6.08 Å². The van der Waals surface area contributed by atoms with Gasteiger partial charge in [-0.25, -0.2) is 4.79 Å². The summed E-state index contributed by atoms with van der Waals surface area (Å²) in [6.45, 7) is 4.01. The first kappa shape index (κ1) is 11.6. The molecule has 0 unspecified atom stereocenters. The van der Waals surface area contributed by atoms with Crippen LogP contribution < -0.4 is 0 Å². The Morgan fingerprint density at radius 1 is 1.31 bits per heavy atom. The van der Waals surface area contributed by atoms with Crippen LogP contribution in [0.4, 0.5) is 0 Å². The van der Waals surface area contributed by atoms with E-state index < -0.39 is 0 Å². The van der Waals surface area contributed by atoms with Crippen LogP contribution in [0, 0.1) is 0 Å². The minimum absolute atomic E-state index is 0.0328. The van der Waals surface area contributed by atoms with E-state index in [4.69, 9.17) is 0 Å². The maximum absolute atomic E-state index is 10.5. The molecule has 0 spiro atoms. The van der Waals surface area contributed by atoms with Gasteiger partial charge in [-0.2, -0.15) is 4.99 Å². The van der Waals surface area contributed by atoms with Crippen LogP contribution in [0.25, 0.3) is 0 Å². The average Bonchev–Trinajstić information content (AvgIpc) is 3.00. The molecule has 0 amide bonds. The molecule has 0 saturated heterocycles. The molecule has 0 atom stereocenters. The minimum Gasteiger partial charge on any atom is -0.211 e. The van der Waals surface area contributed by atoms with E-state index in [1.54, 1.807) is 6.08 Å². The molecule has 0 radical (unpaired) electrons. The molecular formula is C13H14BrNO. The quantitative estimate of drug-likeness (QED) is 0.614. The zero-order valence-corrected chi connectivity index (χ0v) is 11.0. The zero-order chi connectivity index (χ0) is 11.8. The van der Waals surface area contributed by atoms with Gasteiger partial charge in [0.15, 0.2) is 0 Å². The number of nitrogens with zero attached hydrogens (tertiary/aromatic N) is 1. The van der Waals surface area contributed by atoms with E-state index in [0.717, 1.165) is 17.3 Å². The first-order valence-electron chi connectivity index (χ1n) is 5.37. The Labute approximate surface area is 104 Å². The van der Waals surface area contributed by atoms with Gasteiger partial charge in [-0.05, 0) is 44.4 Å². The lowest BCUT2D eigenvalue weighted by Gasteiger charge is -2.30. The van der Waals surface area contributed by atoms with E-state index in [9.17, 15) is 4.79 Å². The second-order valence-corrected chi connectivity index (χ2v) is 5.77. The number of aliphatic imine (C=N–C) groups is 1. The molecule has 1 saturated carbocycles. The highest BCUT2D eigenvalue weighted by atomic mass is 79.9. The molecule has 0 aliphatic heterocycles. The van der Waals surface area contributed by atoms with E-state index in [0.29, 0.717) is 0 Å². The van der Waals surface area contributed by atoms with Crippen molar-refractivity contribution in [1.29, 1.82) is 0 Å². The number of halogens is 1. The number of carbonyl (C=O) groups excluding carboxylic acids is 1. The lowest BCUT2D eigenvalue weighted by Crippen LogP contribution is -2.34. The second kappa shape index (κ2) is 3.83. The second-order valence-electron chi connectivity index (χ2n) is 4.85. The van der Waals surface area contributed by atoms with E-state index in [2.05, 4.69) is 33.1 Å². The Bertz CT molecular complexity index is 440. The number of hydrogen-bond donors (Lipinski definition) is 0. The van der Waals surface area contributed by atoms with Crippen molar-refractivity contribution in [1.82, 2.24) is 0 Å². The summed E-state index contributed by atoms with van der Waals surface area (Å²) in [4.78, 5) is 14.5. The molecule has 1 fully saturated rings. The van der Waals surface area contributed by atoms with Crippen molar-refractivity contribution in [3.8, 4) is 0 Å². The third kappa shape index (κ3) is 1.74. The molecule has 1 aromatic carbocycles. The van der Waals surface area contributed by atoms with Gasteiger partial charge in [0.1, 0.15) is 0 Å². The van der Waals surface area contributed by atoms with Crippen molar-refractivity contribution >= 4 is 22.0 Å². The van der Waals surface area contributed by atoms with Crippen LogP contribution in [-0.2, 0) is 10.2 Å². The molecular weight excluding hydrogens is 266 g/mol. The Balaban J connectivity index is 2.40. The largest absolute Gasteiger partial charge is 0.235 e. The molecule has 1 aliphatic rings. The van der Waals surface area contributed by atoms with E-state index >= 15 is 0 Å². The molecule has 0 heterocycles. The molecule has 84 valence electrons. The third-order valence-electron chi connectivity index (χ3n) is 3.64. The predicted molar refractivity (Wildman–Crippen MR) is 67.3 cm³/mol. The predicted octanol–water partition coefficient (Wildman–Crippen LogP) is 3.60. The van der Waals surface area contributed by atoms with E-state index in [-0.39, 0.29) is 11.0 Å². The van der Waals surface area contributed by atoms with Crippen molar-refractivity contribution < 1.29 is 4.79 Å². The van der Waals surface area contributed by atoms with Crippen LogP contribution in [0.3, 0.4) is 0 Å². The highest BCUT2D eigenvalue weighted by molar-refractivity contribution is 9.10. The van der Waals surface area contributed by atoms with Crippen LogP contribution >= 0.6 is 15.9 Å². The van der Waals surface area contributed by atoms with Crippen LogP contribution in [0.2, 0.25) is 0 Å². The maximum Gasteiger partial charge on any atom is 0.235 e. The zero-order valence-electron chi connectivity index (χ0n) is 9.46. The van der Waals surface area contributed by atoms with Gasteiger partial charge in [0.25, 0.3) is 0 Å². The summed E-state index contributed by atoms with van der Waals surface area (Å²) in [6, 6.07) is 8.30. The lowest BCUT2D eigenvalue weighted by molar-refractivity contribution is 0.391. The van der Waals surface area contributed by atoms with Gasteiger partial charge in [-0.1, -0.05) is 28.1 Å². The fraction of sp³-hybridized carbons (Fsp3) is 0.462. The topological polar surface area (TPSA) is 29.4 Å². The molecule has 0 bridgehead atoms. The highest BCUT2D eigenvalue weighted by Crippen LogP contribution is 2.57. The van der Waals surface area contributed by atoms with Crippen molar-refractivity contribution in [3.63, 3.8) is 0 Å². The molecule has 3 heteroatoms. The summed E-state index contributed by atoms with van der Waals surface area (Å²) < 4.78 is 1.07. The van der Waals surface area contributed by atoms with Gasteiger partial charge in [-0.15, -0.1) is 0 Å². The SMILES string of the molecule is CC(C)(N=C=O)C1(c2ccc(Br)cc2)CC1. The minimum atomic E-state index is -0.359. The Morgan fingerprint density at radius 2 is 1.88 bits per heavy atom. The van der Waals surface area contributed by atoms with Crippen LogP contribution in [0.1, 0.15) is 32.3 Å². The van der Waals surface area contributed by atoms with Crippen molar-refractivity contribution in [2.75, 3.05) is 0 Å². The van der Waals surface area contributed by atoms with Gasteiger partial charge in [0.05, 0.1) is 5.54 Å². The molecule has 0 aromatic heterocycles. The van der Waals surface area contributed by atoms with E-state index in [1.165, 1.54) is 5.56 Å². The molecule has 1 aliphatic carbocycles. The van der Waals surface area contributed by atoms with Gasteiger partial charge >= 0.3 is 0 Å². The maximum atomic E-state index is 10.5. The smallest absolute Gasteiger partial charge is 0.211 e. The molecule has 1 aromatic rings. The third-order valence-corrected chi connectivity index (χ3v) is 4.17. The van der Waals surface area contributed by atoms with Crippen molar-refractivity contribution in [2.24, 2.45) is 4.99 Å². The summed E-state index contributed by atoms with van der Waals surface area (Å²) in [5.74, 6) is 0. The van der Waals surface area contributed by atoms with Gasteiger partial charge in [-0.3, -0.25) is 0 Å². The van der Waals surface area contributed by atoms with Crippen molar-refractivity contribution in [2.45, 2.75) is 37.6 Å². The van der Waals surface area contributed by atoms with Gasteiger partial charge in [0, 0.05) is 9.89 Å². The van der Waals surface area contributed by atoms with Gasteiger partial charge < -0.3 is 0 Å². The molecule has 0 N–H and O–H groups in total. The summed E-state index contributed by atoms with van der Waals surface area (Å²) in [5, 5.41) is 0. The average molecular weight is 280 g/mol. The fourth-order valence-electron chi connectivity index (χ4n) is 2.37. The summed E-state index contributed by atoms with van der Waals surface area (Å²) >= 11 is 3.43. The van der Waals surface area contributed by atoms with Crippen LogP contribution in [0.15, 0.2) is 33.7 Å². The van der Waals surface area contributed by atoms with E-state index in [1.807, 2.05) is 26.0 Å². The Morgan fingerprint density at radius 3 is 2.31 bits per heavy atom. The highest BCUT2D eigenvalue weighted by Gasteiger charge is 2.55.